The Balaban J connectivity index is 3.07. The SMILES string of the molecule is CC=CCC=CCCCCCCCCCC(=O)[O-]. The summed E-state index contributed by atoms with van der Waals surface area (Å²) in [5.74, 6) is -0.917. The molecule has 2 nitrogen and oxygen atoms in total. The van der Waals surface area contributed by atoms with Crippen molar-refractivity contribution in [2.45, 2.75) is 71.1 Å². The van der Waals surface area contributed by atoms with Gasteiger partial charge in [-0.15, -0.1) is 0 Å². The summed E-state index contributed by atoms with van der Waals surface area (Å²) in [5.41, 5.74) is 0. The van der Waals surface area contributed by atoms with Gasteiger partial charge in [0.1, 0.15) is 0 Å². The van der Waals surface area contributed by atoms with Crippen LogP contribution in [0.4, 0.5) is 0 Å². The summed E-state index contributed by atoms with van der Waals surface area (Å²) in [7, 11) is 0. The number of carboxylic acids is 1. The maximum Gasteiger partial charge on any atom is 0.0414 e. The van der Waals surface area contributed by atoms with Crippen LogP contribution in [0, 0.1) is 0 Å². The van der Waals surface area contributed by atoms with Gasteiger partial charge in [-0.25, -0.2) is 0 Å². The molecule has 0 aromatic heterocycles. The highest BCUT2D eigenvalue weighted by atomic mass is 16.4. The van der Waals surface area contributed by atoms with Crippen molar-refractivity contribution < 1.29 is 9.90 Å². The second kappa shape index (κ2) is 14.0. The Morgan fingerprint density at radius 2 is 1.50 bits per heavy atom. The predicted octanol–water partition coefficient (Wildman–Crippen LogP) is 3.77. The second-order valence-electron chi connectivity index (χ2n) is 4.66. The molecule has 0 bridgehead atoms. The average Bonchev–Trinajstić information content (AvgIpc) is 2.34. The van der Waals surface area contributed by atoms with Crippen molar-refractivity contribution in [3.8, 4) is 0 Å². The molecule has 0 rings (SSSR count). The third-order valence-electron chi connectivity index (χ3n) is 2.93. The van der Waals surface area contributed by atoms with Gasteiger partial charge < -0.3 is 9.90 Å². The Hall–Kier alpha value is -1.05. The minimum Gasteiger partial charge on any atom is -0.550 e. The van der Waals surface area contributed by atoms with E-state index >= 15 is 0 Å². The first kappa shape index (κ1) is 16.9. The lowest BCUT2D eigenvalue weighted by Crippen LogP contribution is -2.21. The number of hydrogen-bond acceptors (Lipinski definition) is 2. The van der Waals surface area contributed by atoms with Crippen molar-refractivity contribution in [2.75, 3.05) is 0 Å². The zero-order valence-electron chi connectivity index (χ0n) is 11.7. The Labute approximate surface area is 112 Å². The van der Waals surface area contributed by atoms with Crippen LogP contribution in [0.25, 0.3) is 0 Å². The molecule has 0 amide bonds. The molecule has 0 spiro atoms. The highest BCUT2D eigenvalue weighted by Crippen LogP contribution is 2.09. The Morgan fingerprint density at radius 3 is 2.11 bits per heavy atom. The van der Waals surface area contributed by atoms with Crippen LogP contribution in [-0.4, -0.2) is 5.97 Å². The number of rotatable bonds is 12. The molecule has 0 aromatic carbocycles. The molecule has 104 valence electrons. The first-order chi connectivity index (χ1) is 8.77. The van der Waals surface area contributed by atoms with E-state index in [9.17, 15) is 9.90 Å². The maximum atomic E-state index is 10.2. The van der Waals surface area contributed by atoms with Crippen LogP contribution in [0.2, 0.25) is 0 Å². The number of carbonyl (C=O) groups excluding carboxylic acids is 1. The molecule has 2 heteroatoms. The van der Waals surface area contributed by atoms with Gasteiger partial charge in [0.15, 0.2) is 0 Å². The molecule has 0 aliphatic heterocycles. The summed E-state index contributed by atoms with van der Waals surface area (Å²) in [6.45, 7) is 2.04. The summed E-state index contributed by atoms with van der Waals surface area (Å²) in [5, 5.41) is 10.2. The van der Waals surface area contributed by atoms with Crippen molar-refractivity contribution in [1.29, 1.82) is 0 Å². The number of aliphatic carboxylic acids is 1. The molecule has 0 aromatic rings. The quantitative estimate of drug-likeness (QED) is 0.391. The lowest BCUT2D eigenvalue weighted by atomic mass is 10.1. The van der Waals surface area contributed by atoms with Gasteiger partial charge in [-0.2, -0.15) is 0 Å². The van der Waals surface area contributed by atoms with Gasteiger partial charge >= 0.3 is 0 Å². The lowest BCUT2D eigenvalue weighted by Gasteiger charge is -2.02. The largest absolute Gasteiger partial charge is 0.550 e. The number of unbranched alkanes of at least 4 members (excludes halogenated alkanes) is 7. The van der Waals surface area contributed by atoms with Crippen molar-refractivity contribution in [2.24, 2.45) is 0 Å². The molecule has 18 heavy (non-hydrogen) atoms. The van der Waals surface area contributed by atoms with Crippen LogP contribution >= 0.6 is 0 Å². The molecule has 0 radical (unpaired) electrons. The van der Waals surface area contributed by atoms with E-state index in [4.69, 9.17) is 0 Å². The van der Waals surface area contributed by atoms with Crippen molar-refractivity contribution in [1.82, 2.24) is 0 Å². The summed E-state index contributed by atoms with van der Waals surface area (Å²) in [4.78, 5) is 10.2. The van der Waals surface area contributed by atoms with Gasteiger partial charge in [0.05, 0.1) is 0 Å². The normalized spacial score (nSPS) is 11.6. The third kappa shape index (κ3) is 14.9. The molecule has 0 N–H and O–H groups in total. The van der Waals surface area contributed by atoms with Crippen LogP contribution in [-0.2, 0) is 4.79 Å². The van der Waals surface area contributed by atoms with Gasteiger partial charge in [0.25, 0.3) is 0 Å². The number of allylic oxidation sites excluding steroid dienone is 4. The fourth-order valence-corrected chi connectivity index (χ4v) is 1.84. The van der Waals surface area contributed by atoms with E-state index in [0.717, 1.165) is 25.7 Å². The summed E-state index contributed by atoms with van der Waals surface area (Å²) in [6, 6.07) is 0. The van der Waals surface area contributed by atoms with Crippen LogP contribution in [0.1, 0.15) is 71.1 Å². The number of carbonyl (C=O) groups is 1. The lowest BCUT2D eigenvalue weighted by molar-refractivity contribution is -0.305. The van der Waals surface area contributed by atoms with E-state index in [2.05, 4.69) is 24.3 Å². The monoisotopic (exact) mass is 251 g/mol. The Kier molecular flexibility index (Phi) is 13.2. The van der Waals surface area contributed by atoms with Gasteiger partial charge in [-0.1, -0.05) is 56.4 Å². The van der Waals surface area contributed by atoms with Crippen LogP contribution in [0.15, 0.2) is 24.3 Å². The van der Waals surface area contributed by atoms with E-state index < -0.39 is 5.97 Å². The van der Waals surface area contributed by atoms with Crippen LogP contribution in [0.5, 0.6) is 0 Å². The van der Waals surface area contributed by atoms with E-state index in [-0.39, 0.29) is 6.42 Å². The fraction of sp³-hybridized carbons (Fsp3) is 0.688. The summed E-state index contributed by atoms with van der Waals surface area (Å²) >= 11 is 0. The summed E-state index contributed by atoms with van der Waals surface area (Å²) in [6.07, 6.45) is 19.2. The highest BCUT2D eigenvalue weighted by molar-refractivity contribution is 5.63. The van der Waals surface area contributed by atoms with E-state index in [1.807, 2.05) is 6.92 Å². The molecular weight excluding hydrogens is 224 g/mol. The number of hydrogen-bond donors (Lipinski definition) is 0. The molecule has 0 unspecified atom stereocenters. The first-order valence-electron chi connectivity index (χ1n) is 7.23. The highest BCUT2D eigenvalue weighted by Gasteiger charge is 1.92. The zero-order valence-corrected chi connectivity index (χ0v) is 11.7. The maximum absolute atomic E-state index is 10.2. The Morgan fingerprint density at radius 1 is 0.889 bits per heavy atom. The average molecular weight is 251 g/mol. The standard InChI is InChI=1S/C16H28O2/c1-2-3-4-5-6-7-8-9-10-11-12-13-14-15-16(17)18/h2-3,5-6H,4,7-15H2,1H3,(H,17,18)/p-1. The van der Waals surface area contributed by atoms with Crippen LogP contribution < -0.4 is 5.11 Å². The molecular formula is C16H27O2-. The predicted molar refractivity (Wildman–Crippen MR) is 75.1 cm³/mol. The number of carboxylic acid groups (broad SMARTS) is 1. The smallest absolute Gasteiger partial charge is 0.0414 e. The zero-order chi connectivity index (χ0) is 13.5. The van der Waals surface area contributed by atoms with Gasteiger partial charge in [0, 0.05) is 5.97 Å². The fourth-order valence-electron chi connectivity index (χ4n) is 1.84. The molecule has 0 fully saturated rings. The minimum absolute atomic E-state index is 0.219. The third-order valence-corrected chi connectivity index (χ3v) is 2.93. The molecule has 0 atom stereocenters. The van der Waals surface area contributed by atoms with Gasteiger partial charge in [-0.3, -0.25) is 0 Å². The molecule has 0 aliphatic carbocycles. The van der Waals surface area contributed by atoms with Gasteiger partial charge in [-0.05, 0) is 39.0 Å². The van der Waals surface area contributed by atoms with Crippen molar-refractivity contribution in [3.63, 3.8) is 0 Å². The molecule has 0 aliphatic rings. The second-order valence-corrected chi connectivity index (χ2v) is 4.66. The van der Waals surface area contributed by atoms with Gasteiger partial charge in [0.2, 0.25) is 0 Å². The van der Waals surface area contributed by atoms with Crippen molar-refractivity contribution >= 4 is 5.97 Å². The van der Waals surface area contributed by atoms with E-state index in [1.165, 1.54) is 32.1 Å². The van der Waals surface area contributed by atoms with E-state index in [1.54, 1.807) is 0 Å². The minimum atomic E-state index is -0.917. The van der Waals surface area contributed by atoms with Crippen molar-refractivity contribution in [3.05, 3.63) is 24.3 Å². The van der Waals surface area contributed by atoms with Crippen LogP contribution in [0.3, 0.4) is 0 Å². The summed E-state index contributed by atoms with van der Waals surface area (Å²) < 4.78 is 0. The molecule has 0 saturated carbocycles. The Bertz CT molecular complexity index is 241. The molecule has 0 heterocycles. The molecule has 0 saturated heterocycles. The topological polar surface area (TPSA) is 40.1 Å². The van der Waals surface area contributed by atoms with E-state index in [0.29, 0.717) is 0 Å². The first-order valence-corrected chi connectivity index (χ1v) is 7.23.